The number of thiophene rings is 1. The predicted molar refractivity (Wildman–Crippen MR) is 113 cm³/mol. The molecular weight excluding hydrogens is 449 g/mol. The molecule has 2 aromatic rings. The Hall–Kier alpha value is -3.08. The number of halogens is 3. The van der Waals surface area contributed by atoms with Gasteiger partial charge in [-0.1, -0.05) is 25.1 Å². The van der Waals surface area contributed by atoms with Crippen LogP contribution >= 0.6 is 11.3 Å². The number of rotatable bonds is 8. The third-order valence-corrected chi connectivity index (χ3v) is 5.66. The highest BCUT2D eigenvalue weighted by molar-refractivity contribution is 7.16. The maximum atomic E-state index is 14.4. The number of benzene rings is 1. The molecule has 0 radical (unpaired) electrons. The summed E-state index contributed by atoms with van der Waals surface area (Å²) < 4.78 is 52.7. The lowest BCUT2D eigenvalue weighted by molar-refractivity contribution is -0.204. The molecule has 0 aliphatic carbocycles. The summed E-state index contributed by atoms with van der Waals surface area (Å²) in [5.41, 5.74) is -3.42. The lowest BCUT2D eigenvalue weighted by Gasteiger charge is -2.35. The summed E-state index contributed by atoms with van der Waals surface area (Å²) in [6.45, 7) is 4.32. The van der Waals surface area contributed by atoms with E-state index in [2.05, 4.69) is 10.1 Å². The Balaban J connectivity index is 2.68. The van der Waals surface area contributed by atoms with E-state index in [0.717, 1.165) is 18.4 Å². The fraction of sp³-hybridized carbons (Fsp3) is 0.381. The maximum Gasteiger partial charge on any atom is 0.441 e. The van der Waals surface area contributed by atoms with E-state index < -0.39 is 29.7 Å². The van der Waals surface area contributed by atoms with Crippen LogP contribution in [0, 0.1) is 6.92 Å². The number of carbonyl (C=O) groups is 3. The minimum absolute atomic E-state index is 0.1000. The zero-order valence-electron chi connectivity index (χ0n) is 17.9. The van der Waals surface area contributed by atoms with Gasteiger partial charge in [-0.15, -0.1) is 11.3 Å². The molecule has 32 heavy (non-hydrogen) atoms. The van der Waals surface area contributed by atoms with Crippen molar-refractivity contribution in [3.05, 3.63) is 51.9 Å². The summed E-state index contributed by atoms with van der Waals surface area (Å²) in [6, 6.07) is 7.11. The van der Waals surface area contributed by atoms with Gasteiger partial charge in [0.2, 0.25) is 0 Å². The Morgan fingerprint density at radius 1 is 1.09 bits per heavy atom. The Morgan fingerprint density at radius 2 is 1.72 bits per heavy atom. The van der Waals surface area contributed by atoms with Gasteiger partial charge in [0, 0.05) is 10.4 Å². The van der Waals surface area contributed by atoms with Crippen LogP contribution in [0.1, 0.15) is 45.0 Å². The predicted octanol–water partition coefficient (Wildman–Crippen LogP) is 4.07. The summed E-state index contributed by atoms with van der Waals surface area (Å²) in [5.74, 6) is -3.80. The SMILES string of the molecule is CCOC(=O)[C@](NC(=O)c1ccccc1)(Nc1sc(C)c(CC)c1C(=O)OC)C(F)(F)F. The normalized spacial score (nSPS) is 13.1. The molecule has 0 saturated carbocycles. The molecule has 1 aromatic heterocycles. The van der Waals surface area contributed by atoms with Crippen LogP contribution in [-0.2, 0) is 20.7 Å². The molecule has 0 unspecified atom stereocenters. The monoisotopic (exact) mass is 472 g/mol. The molecule has 1 amide bonds. The first-order valence-corrected chi connectivity index (χ1v) is 10.4. The van der Waals surface area contributed by atoms with Gasteiger partial charge in [0.25, 0.3) is 5.91 Å². The molecule has 2 N–H and O–H groups in total. The number of aryl methyl sites for hydroxylation is 1. The van der Waals surface area contributed by atoms with Crippen molar-refractivity contribution < 1.29 is 37.0 Å². The van der Waals surface area contributed by atoms with Crippen molar-refractivity contribution in [3.63, 3.8) is 0 Å². The van der Waals surface area contributed by atoms with Gasteiger partial charge >= 0.3 is 23.8 Å². The highest BCUT2D eigenvalue weighted by Gasteiger charge is 2.64. The van der Waals surface area contributed by atoms with Gasteiger partial charge < -0.3 is 20.1 Å². The molecule has 1 aromatic carbocycles. The van der Waals surface area contributed by atoms with Crippen molar-refractivity contribution in [2.75, 3.05) is 19.0 Å². The number of alkyl halides is 3. The van der Waals surface area contributed by atoms with Crippen LogP contribution in [0.15, 0.2) is 30.3 Å². The number of ether oxygens (including phenoxy) is 2. The minimum atomic E-state index is -5.33. The number of hydrogen-bond acceptors (Lipinski definition) is 7. The number of esters is 2. The van der Waals surface area contributed by atoms with Gasteiger partial charge in [0.15, 0.2) is 0 Å². The first-order valence-electron chi connectivity index (χ1n) is 9.62. The van der Waals surface area contributed by atoms with Gasteiger partial charge in [-0.2, -0.15) is 13.2 Å². The minimum Gasteiger partial charge on any atom is -0.465 e. The van der Waals surface area contributed by atoms with Crippen LogP contribution in [-0.4, -0.2) is 43.4 Å². The molecule has 1 heterocycles. The number of carbonyl (C=O) groups excluding carboxylic acids is 3. The number of nitrogens with one attached hydrogen (secondary N) is 2. The van der Waals surface area contributed by atoms with Gasteiger partial charge in [-0.05, 0) is 38.0 Å². The van der Waals surface area contributed by atoms with Gasteiger partial charge in [-0.3, -0.25) is 4.79 Å². The number of hydrogen-bond donors (Lipinski definition) is 2. The lowest BCUT2D eigenvalue weighted by Crippen LogP contribution is -2.69. The summed E-state index contributed by atoms with van der Waals surface area (Å²) >= 11 is 0.840. The highest BCUT2D eigenvalue weighted by atomic mass is 32.1. The van der Waals surface area contributed by atoms with Crippen LogP contribution in [0.4, 0.5) is 18.2 Å². The molecule has 0 bridgehead atoms. The zero-order chi connectivity index (χ0) is 24.1. The van der Waals surface area contributed by atoms with Crippen molar-refractivity contribution in [1.82, 2.24) is 5.32 Å². The smallest absolute Gasteiger partial charge is 0.441 e. The maximum absolute atomic E-state index is 14.4. The Bertz CT molecular complexity index is 991. The average molecular weight is 472 g/mol. The molecule has 11 heteroatoms. The van der Waals surface area contributed by atoms with Crippen LogP contribution in [0.5, 0.6) is 0 Å². The second-order valence-corrected chi connectivity index (χ2v) is 7.82. The topological polar surface area (TPSA) is 93.7 Å². The fourth-order valence-corrected chi connectivity index (χ4v) is 4.23. The quantitative estimate of drug-likeness (QED) is 0.445. The van der Waals surface area contributed by atoms with Gasteiger partial charge in [-0.25, -0.2) is 9.59 Å². The fourth-order valence-electron chi connectivity index (χ4n) is 3.04. The summed E-state index contributed by atoms with van der Waals surface area (Å²) in [4.78, 5) is 38.2. The summed E-state index contributed by atoms with van der Waals surface area (Å²) in [6.07, 6.45) is -5.00. The van der Waals surface area contributed by atoms with Crippen LogP contribution in [0.25, 0.3) is 0 Å². The average Bonchev–Trinajstić information content (AvgIpc) is 3.07. The number of methoxy groups -OCH3 is 1. The Labute approximate surface area is 186 Å². The first kappa shape index (κ1) is 25.2. The molecule has 0 saturated heterocycles. The van der Waals surface area contributed by atoms with E-state index in [9.17, 15) is 27.6 Å². The molecule has 0 fully saturated rings. The molecule has 0 aliphatic rings. The second-order valence-electron chi connectivity index (χ2n) is 6.60. The van der Waals surface area contributed by atoms with Gasteiger partial charge in [0.05, 0.1) is 19.3 Å². The molecule has 0 spiro atoms. The standard InChI is InChI=1S/C21H23F3N2O5S/c1-5-14-12(3)32-17(15(14)18(28)30-4)26-20(21(22,23)24,19(29)31-6-2)25-16(27)13-10-8-7-9-11-13/h7-11,26H,5-6H2,1-4H3,(H,25,27)/t20-/m0/s1. The zero-order valence-corrected chi connectivity index (χ0v) is 18.7. The van der Waals surface area contributed by atoms with E-state index in [1.165, 1.54) is 31.2 Å². The number of amides is 1. The van der Waals surface area contributed by atoms with Crippen molar-refractivity contribution in [1.29, 1.82) is 0 Å². The van der Waals surface area contributed by atoms with E-state index in [1.54, 1.807) is 25.2 Å². The van der Waals surface area contributed by atoms with E-state index in [-0.39, 0.29) is 22.7 Å². The third kappa shape index (κ3) is 4.87. The third-order valence-electron chi connectivity index (χ3n) is 4.60. The van der Waals surface area contributed by atoms with Crippen LogP contribution in [0.2, 0.25) is 0 Å². The van der Waals surface area contributed by atoms with Crippen molar-refractivity contribution in [2.24, 2.45) is 0 Å². The largest absolute Gasteiger partial charge is 0.465 e. The van der Waals surface area contributed by atoms with E-state index in [0.29, 0.717) is 16.9 Å². The molecule has 2 rings (SSSR count). The summed E-state index contributed by atoms with van der Waals surface area (Å²) in [7, 11) is 1.10. The molecule has 7 nitrogen and oxygen atoms in total. The first-order chi connectivity index (χ1) is 15.0. The van der Waals surface area contributed by atoms with Gasteiger partial charge in [0.1, 0.15) is 5.00 Å². The van der Waals surface area contributed by atoms with E-state index in [1.807, 2.05) is 0 Å². The van der Waals surface area contributed by atoms with Crippen molar-refractivity contribution in [2.45, 2.75) is 39.0 Å². The highest BCUT2D eigenvalue weighted by Crippen LogP contribution is 2.40. The van der Waals surface area contributed by atoms with Crippen molar-refractivity contribution in [3.8, 4) is 0 Å². The number of anilines is 1. The second kappa shape index (κ2) is 10.0. The Kier molecular flexibility index (Phi) is 7.89. The van der Waals surface area contributed by atoms with Crippen molar-refractivity contribution >= 4 is 34.2 Å². The van der Waals surface area contributed by atoms with Crippen LogP contribution < -0.4 is 10.6 Å². The van der Waals surface area contributed by atoms with E-state index >= 15 is 0 Å². The molecule has 174 valence electrons. The van der Waals surface area contributed by atoms with Crippen LogP contribution in [0.3, 0.4) is 0 Å². The van der Waals surface area contributed by atoms with E-state index in [4.69, 9.17) is 4.74 Å². The molecular formula is C21H23F3N2O5S. The summed E-state index contributed by atoms with van der Waals surface area (Å²) in [5, 5.41) is 3.57. The lowest BCUT2D eigenvalue weighted by atomic mass is 10.1. The Morgan fingerprint density at radius 3 is 2.22 bits per heavy atom. The molecule has 0 aliphatic heterocycles. The molecule has 1 atom stereocenters.